The van der Waals surface area contributed by atoms with Crippen molar-refractivity contribution in [1.29, 1.82) is 0 Å². The van der Waals surface area contributed by atoms with Gasteiger partial charge in [-0.3, -0.25) is 0 Å². The highest BCUT2D eigenvalue weighted by molar-refractivity contribution is 7.10. The molecule has 0 saturated heterocycles. The Labute approximate surface area is 84.6 Å². The summed E-state index contributed by atoms with van der Waals surface area (Å²) in [5, 5.41) is 6.94. The van der Waals surface area contributed by atoms with Gasteiger partial charge in [0.1, 0.15) is 0 Å². The molecule has 0 fully saturated rings. The first kappa shape index (κ1) is 10.6. The molecule has 0 aliphatic carbocycles. The standard InChI is InChI=1S/C10H19N2S/c1-4-5-6-7-8-12-10(3)13-9(2)11-12/h4-8H2,1-3H3/q+1. The lowest BCUT2D eigenvalue weighted by Crippen LogP contribution is -2.38. The zero-order valence-corrected chi connectivity index (χ0v) is 9.65. The molecule has 1 aromatic rings. The number of hydrogen-bond donors (Lipinski definition) is 0. The van der Waals surface area contributed by atoms with Crippen LogP contribution in [-0.4, -0.2) is 5.10 Å². The molecule has 0 radical (unpaired) electrons. The maximum absolute atomic E-state index is 4.44. The Morgan fingerprint density at radius 3 is 2.54 bits per heavy atom. The Kier molecular flexibility index (Phi) is 4.36. The summed E-state index contributed by atoms with van der Waals surface area (Å²) in [4.78, 5) is 0. The van der Waals surface area contributed by atoms with E-state index in [1.807, 2.05) is 0 Å². The SMILES string of the molecule is CCCCCC[n+]1nc(C)sc1C. The van der Waals surface area contributed by atoms with E-state index < -0.39 is 0 Å². The van der Waals surface area contributed by atoms with Crippen LogP contribution in [0.1, 0.15) is 42.6 Å². The molecule has 2 nitrogen and oxygen atoms in total. The van der Waals surface area contributed by atoms with Crippen LogP contribution in [0.15, 0.2) is 0 Å². The summed E-state index contributed by atoms with van der Waals surface area (Å²) >= 11 is 1.78. The van der Waals surface area contributed by atoms with Gasteiger partial charge in [-0.05, 0) is 13.3 Å². The average Bonchev–Trinajstić information content (AvgIpc) is 2.39. The van der Waals surface area contributed by atoms with Gasteiger partial charge in [0.05, 0.1) is 0 Å². The predicted molar refractivity (Wildman–Crippen MR) is 55.9 cm³/mol. The monoisotopic (exact) mass is 199 g/mol. The smallest absolute Gasteiger partial charge is 0.0776 e. The van der Waals surface area contributed by atoms with E-state index in [2.05, 4.69) is 30.6 Å². The molecule has 1 aromatic heterocycles. The number of nitrogens with zero attached hydrogens (tertiary/aromatic N) is 2. The molecular formula is C10H19N2S+. The minimum absolute atomic E-state index is 1.09. The fourth-order valence-electron chi connectivity index (χ4n) is 1.42. The van der Waals surface area contributed by atoms with Crippen molar-refractivity contribution in [1.82, 2.24) is 5.10 Å². The molecule has 1 heterocycles. The van der Waals surface area contributed by atoms with Crippen molar-refractivity contribution in [3.05, 3.63) is 10.0 Å². The van der Waals surface area contributed by atoms with Crippen molar-refractivity contribution in [3.8, 4) is 0 Å². The first-order valence-corrected chi connectivity index (χ1v) is 5.90. The van der Waals surface area contributed by atoms with E-state index in [0.717, 1.165) is 6.54 Å². The zero-order chi connectivity index (χ0) is 9.68. The van der Waals surface area contributed by atoms with E-state index in [1.54, 1.807) is 11.3 Å². The third kappa shape index (κ3) is 3.43. The van der Waals surface area contributed by atoms with Gasteiger partial charge in [-0.2, -0.15) is 0 Å². The molecule has 0 spiro atoms. The minimum Gasteiger partial charge on any atom is -0.0776 e. The predicted octanol–water partition coefficient (Wildman–Crippen LogP) is 2.63. The molecule has 0 N–H and O–H groups in total. The molecule has 0 aromatic carbocycles. The molecular weight excluding hydrogens is 180 g/mol. The molecule has 3 heteroatoms. The molecule has 0 aliphatic rings. The molecule has 0 aliphatic heterocycles. The number of hydrogen-bond acceptors (Lipinski definition) is 2. The molecule has 0 unspecified atom stereocenters. The van der Waals surface area contributed by atoms with Crippen molar-refractivity contribution in [2.45, 2.75) is 53.0 Å². The Balaban J connectivity index is 2.32. The third-order valence-electron chi connectivity index (χ3n) is 2.14. The van der Waals surface area contributed by atoms with Crippen LogP contribution >= 0.6 is 11.3 Å². The van der Waals surface area contributed by atoms with Crippen LogP contribution < -0.4 is 4.68 Å². The summed E-state index contributed by atoms with van der Waals surface area (Å²) in [6, 6.07) is 0. The molecule has 0 amide bonds. The van der Waals surface area contributed by atoms with Crippen LogP contribution in [0.4, 0.5) is 0 Å². The van der Waals surface area contributed by atoms with E-state index >= 15 is 0 Å². The Hall–Kier alpha value is -0.440. The van der Waals surface area contributed by atoms with Crippen LogP contribution in [0.3, 0.4) is 0 Å². The summed E-state index contributed by atoms with van der Waals surface area (Å²) in [6.07, 6.45) is 5.25. The maximum Gasteiger partial charge on any atom is 0.262 e. The van der Waals surface area contributed by atoms with Crippen LogP contribution in [0, 0.1) is 13.8 Å². The lowest BCUT2D eigenvalue weighted by Gasteiger charge is -1.93. The summed E-state index contributed by atoms with van der Waals surface area (Å²) in [5.41, 5.74) is 0. The van der Waals surface area contributed by atoms with Crippen molar-refractivity contribution in [2.24, 2.45) is 0 Å². The summed E-state index contributed by atoms with van der Waals surface area (Å²) in [5.74, 6) is 0. The van der Waals surface area contributed by atoms with E-state index in [4.69, 9.17) is 0 Å². The first-order valence-electron chi connectivity index (χ1n) is 5.08. The second-order valence-corrected chi connectivity index (χ2v) is 4.81. The number of unbranched alkanes of at least 4 members (excludes halogenated alkanes) is 3. The van der Waals surface area contributed by atoms with Gasteiger partial charge in [-0.25, -0.2) is 0 Å². The quantitative estimate of drug-likeness (QED) is 0.526. The topological polar surface area (TPSA) is 16.8 Å². The summed E-state index contributed by atoms with van der Waals surface area (Å²) in [6.45, 7) is 7.55. The van der Waals surface area contributed by atoms with Gasteiger partial charge in [0.15, 0.2) is 11.6 Å². The van der Waals surface area contributed by atoms with Gasteiger partial charge in [0.25, 0.3) is 5.01 Å². The van der Waals surface area contributed by atoms with Gasteiger partial charge in [0.2, 0.25) is 0 Å². The normalized spacial score (nSPS) is 10.7. The van der Waals surface area contributed by atoms with E-state index in [1.165, 1.54) is 35.7 Å². The minimum atomic E-state index is 1.09. The highest BCUT2D eigenvalue weighted by Gasteiger charge is 2.11. The van der Waals surface area contributed by atoms with Crippen molar-refractivity contribution < 1.29 is 4.68 Å². The van der Waals surface area contributed by atoms with Gasteiger partial charge >= 0.3 is 0 Å². The molecule has 0 atom stereocenters. The van der Waals surface area contributed by atoms with Crippen LogP contribution in [0.5, 0.6) is 0 Å². The van der Waals surface area contributed by atoms with Crippen LogP contribution in [0.2, 0.25) is 0 Å². The van der Waals surface area contributed by atoms with Gasteiger partial charge in [-0.15, -0.1) is 0 Å². The maximum atomic E-state index is 4.44. The molecule has 0 saturated carbocycles. The lowest BCUT2D eigenvalue weighted by molar-refractivity contribution is -0.754. The molecule has 0 bridgehead atoms. The zero-order valence-electron chi connectivity index (χ0n) is 8.84. The fraction of sp³-hybridized carbons (Fsp3) is 0.800. The van der Waals surface area contributed by atoms with Gasteiger partial charge < -0.3 is 0 Å². The number of aromatic nitrogens is 2. The first-order chi connectivity index (χ1) is 6.24. The van der Waals surface area contributed by atoms with Gasteiger partial charge in [-0.1, -0.05) is 35.8 Å². The second-order valence-electron chi connectivity index (χ2n) is 3.42. The highest BCUT2D eigenvalue weighted by Crippen LogP contribution is 2.05. The molecule has 74 valence electrons. The molecule has 13 heavy (non-hydrogen) atoms. The van der Waals surface area contributed by atoms with Gasteiger partial charge in [0, 0.05) is 18.4 Å². The number of aryl methyl sites for hydroxylation is 3. The van der Waals surface area contributed by atoms with E-state index in [9.17, 15) is 0 Å². The van der Waals surface area contributed by atoms with Crippen LogP contribution in [0.25, 0.3) is 0 Å². The lowest BCUT2D eigenvalue weighted by atomic mass is 10.2. The van der Waals surface area contributed by atoms with E-state index in [-0.39, 0.29) is 0 Å². The Morgan fingerprint density at radius 1 is 1.23 bits per heavy atom. The summed E-state index contributed by atoms with van der Waals surface area (Å²) < 4.78 is 2.13. The third-order valence-corrected chi connectivity index (χ3v) is 3.03. The van der Waals surface area contributed by atoms with Crippen molar-refractivity contribution in [2.75, 3.05) is 0 Å². The fourth-order valence-corrected chi connectivity index (χ4v) is 2.23. The van der Waals surface area contributed by atoms with Crippen molar-refractivity contribution in [3.63, 3.8) is 0 Å². The average molecular weight is 199 g/mol. The summed E-state index contributed by atoms with van der Waals surface area (Å²) in [7, 11) is 0. The largest absolute Gasteiger partial charge is 0.262 e. The Morgan fingerprint density at radius 2 is 2.00 bits per heavy atom. The van der Waals surface area contributed by atoms with Crippen molar-refractivity contribution >= 4 is 11.3 Å². The number of rotatable bonds is 5. The second kappa shape index (κ2) is 5.32. The van der Waals surface area contributed by atoms with E-state index in [0.29, 0.717) is 0 Å². The van der Waals surface area contributed by atoms with Crippen LogP contribution in [-0.2, 0) is 6.54 Å². The highest BCUT2D eigenvalue weighted by atomic mass is 32.1. The molecule has 1 rings (SSSR count). The Bertz CT molecular complexity index is 255.